The molecule has 2 fully saturated rings. The molecular formula is C36H53N5O8S. The third kappa shape index (κ3) is 10.1. The van der Waals surface area contributed by atoms with Crippen LogP contribution in [0.5, 0.6) is 0 Å². The Kier molecular flexibility index (Phi) is 13.2. The lowest BCUT2D eigenvalue weighted by Crippen LogP contribution is -2.63. The molecule has 4 amide bonds. The highest BCUT2D eigenvalue weighted by molar-refractivity contribution is 7.91. The summed E-state index contributed by atoms with van der Waals surface area (Å²) in [6, 6.07) is 1.84. The van der Waals surface area contributed by atoms with Gasteiger partial charge in [-0.25, -0.2) is 13.2 Å². The molecule has 14 heteroatoms. The van der Waals surface area contributed by atoms with Gasteiger partial charge in [-0.1, -0.05) is 51.8 Å². The molecule has 1 saturated carbocycles. The van der Waals surface area contributed by atoms with Gasteiger partial charge >= 0.3 is 6.09 Å². The van der Waals surface area contributed by atoms with Crippen molar-refractivity contribution in [3.05, 3.63) is 54.9 Å². The normalized spacial score (nSPS) is 24.4. The quantitative estimate of drug-likeness (QED) is 0.341. The molecule has 276 valence electrons. The summed E-state index contributed by atoms with van der Waals surface area (Å²) in [4.78, 5) is 60.8. The van der Waals surface area contributed by atoms with E-state index in [2.05, 4.69) is 39.6 Å². The Hall–Kier alpha value is -3.78. The van der Waals surface area contributed by atoms with Crippen LogP contribution in [0.3, 0.4) is 0 Å². The van der Waals surface area contributed by atoms with Crippen molar-refractivity contribution < 1.29 is 37.1 Å². The molecule has 3 heterocycles. The van der Waals surface area contributed by atoms with Gasteiger partial charge in [-0.2, -0.15) is 0 Å². The van der Waals surface area contributed by atoms with Crippen molar-refractivity contribution in [1.82, 2.24) is 25.2 Å². The molecule has 1 saturated heterocycles. The molecule has 4 rings (SSSR count). The number of sulfonamides is 1. The molecule has 0 aromatic carbocycles. The van der Waals surface area contributed by atoms with Gasteiger partial charge in [0, 0.05) is 37.9 Å². The van der Waals surface area contributed by atoms with Crippen LogP contribution in [-0.4, -0.2) is 90.9 Å². The highest BCUT2D eigenvalue weighted by Gasteiger charge is 2.48. The second-order valence-electron chi connectivity index (χ2n) is 14.5. The van der Waals surface area contributed by atoms with Crippen LogP contribution >= 0.6 is 0 Å². The topological polar surface area (TPSA) is 173 Å². The summed E-state index contributed by atoms with van der Waals surface area (Å²) >= 11 is 0. The Morgan fingerprint density at radius 2 is 1.82 bits per heavy atom. The van der Waals surface area contributed by atoms with Crippen LogP contribution in [0, 0.1) is 5.41 Å². The fraction of sp³-hybridized carbons (Fsp3) is 0.639. The number of pyridine rings is 1. The average Bonchev–Trinajstić information content (AvgIpc) is 3.84. The molecule has 3 N–H and O–H groups in total. The fourth-order valence-corrected chi connectivity index (χ4v) is 7.74. The number of carbonyl (C=O) groups excluding carboxylic acids is 4. The van der Waals surface area contributed by atoms with Crippen LogP contribution in [0.4, 0.5) is 4.79 Å². The minimum absolute atomic E-state index is 0.0587. The van der Waals surface area contributed by atoms with E-state index in [9.17, 15) is 27.6 Å². The van der Waals surface area contributed by atoms with Gasteiger partial charge in [-0.15, -0.1) is 13.2 Å². The zero-order valence-corrected chi connectivity index (χ0v) is 30.4. The lowest BCUT2D eigenvalue weighted by Gasteiger charge is -2.36. The standard InChI is InChI=1S/C36H53N5O8S/c1-6-19-36(7-2,33(44)40-50(46,47)27-17-18-27)39-31(42)29-23-26-24-41(29)32(43)30(35(3,4)5)38-34(45)49-21-11-9-8-10-16-28-25(14-12-20-37-28)15-13-22-48-26/h6-7,12,14,20,26-27,29-30H,1-2,8-11,13,15-19,21-24H2,3-5H3,(H,38,45)(H,39,42)(H,40,44)/t26-,29+,30-,36-/m1/s1. The van der Waals surface area contributed by atoms with Gasteiger partial charge in [0.25, 0.3) is 5.91 Å². The van der Waals surface area contributed by atoms with E-state index in [0.717, 1.165) is 43.4 Å². The van der Waals surface area contributed by atoms with E-state index in [1.54, 1.807) is 27.0 Å². The van der Waals surface area contributed by atoms with Gasteiger partial charge in [0.1, 0.15) is 17.6 Å². The lowest BCUT2D eigenvalue weighted by molar-refractivity contribution is -0.143. The highest BCUT2D eigenvalue weighted by atomic mass is 32.2. The summed E-state index contributed by atoms with van der Waals surface area (Å²) in [5, 5.41) is 4.76. The van der Waals surface area contributed by atoms with E-state index >= 15 is 0 Å². The summed E-state index contributed by atoms with van der Waals surface area (Å²) in [5.41, 5.74) is -0.409. The van der Waals surface area contributed by atoms with Crippen molar-refractivity contribution in [2.75, 3.05) is 19.8 Å². The second kappa shape index (κ2) is 17.0. The van der Waals surface area contributed by atoms with Crippen molar-refractivity contribution in [3.8, 4) is 0 Å². The molecule has 3 aliphatic rings. The molecule has 0 unspecified atom stereocenters. The monoisotopic (exact) mass is 715 g/mol. The molecule has 1 aromatic heterocycles. The summed E-state index contributed by atoms with van der Waals surface area (Å²) in [6.45, 7) is 13.5. The maximum Gasteiger partial charge on any atom is 0.407 e. The van der Waals surface area contributed by atoms with Gasteiger partial charge < -0.3 is 25.0 Å². The molecule has 1 aliphatic carbocycles. The van der Waals surface area contributed by atoms with Gasteiger partial charge in [0.2, 0.25) is 21.8 Å². The van der Waals surface area contributed by atoms with E-state index in [1.807, 2.05) is 6.07 Å². The predicted octanol–water partition coefficient (Wildman–Crippen LogP) is 3.48. The molecule has 2 bridgehead atoms. The molecule has 0 spiro atoms. The van der Waals surface area contributed by atoms with Crippen LogP contribution in [0.1, 0.15) is 89.8 Å². The van der Waals surface area contributed by atoms with Crippen molar-refractivity contribution in [3.63, 3.8) is 0 Å². The van der Waals surface area contributed by atoms with Gasteiger partial charge in [0.05, 0.1) is 18.0 Å². The van der Waals surface area contributed by atoms with E-state index in [4.69, 9.17) is 9.47 Å². The highest BCUT2D eigenvalue weighted by Crippen LogP contribution is 2.30. The van der Waals surface area contributed by atoms with E-state index < -0.39 is 68.2 Å². The number of amides is 4. The van der Waals surface area contributed by atoms with Gasteiger partial charge in [-0.05, 0) is 62.0 Å². The van der Waals surface area contributed by atoms with E-state index in [1.165, 1.54) is 17.1 Å². The molecule has 0 radical (unpaired) electrons. The van der Waals surface area contributed by atoms with Crippen LogP contribution in [0.15, 0.2) is 43.6 Å². The number of aromatic nitrogens is 1. The Balaban J connectivity index is 1.60. The van der Waals surface area contributed by atoms with Gasteiger partial charge in [-0.3, -0.25) is 24.1 Å². The van der Waals surface area contributed by atoms with Gasteiger partial charge in [0.15, 0.2) is 0 Å². The number of ether oxygens (including phenoxy) is 2. The molecule has 4 atom stereocenters. The zero-order chi connectivity index (χ0) is 36.5. The Labute approximate surface area is 296 Å². The smallest absolute Gasteiger partial charge is 0.407 e. The van der Waals surface area contributed by atoms with Crippen LogP contribution in [0.25, 0.3) is 0 Å². The number of nitrogens with one attached hydrogen (secondary N) is 3. The molecule has 2 aliphatic heterocycles. The lowest BCUT2D eigenvalue weighted by atomic mass is 9.85. The molecule has 50 heavy (non-hydrogen) atoms. The number of rotatable bonds is 8. The van der Waals surface area contributed by atoms with E-state index in [0.29, 0.717) is 32.3 Å². The van der Waals surface area contributed by atoms with Crippen molar-refractivity contribution >= 4 is 33.8 Å². The first-order valence-corrected chi connectivity index (χ1v) is 19.2. The Morgan fingerprint density at radius 1 is 1.08 bits per heavy atom. The summed E-state index contributed by atoms with van der Waals surface area (Å²) in [7, 11) is -3.94. The van der Waals surface area contributed by atoms with E-state index in [-0.39, 0.29) is 26.0 Å². The zero-order valence-electron chi connectivity index (χ0n) is 29.6. The van der Waals surface area contributed by atoms with Crippen LogP contribution < -0.4 is 15.4 Å². The molecular weight excluding hydrogens is 662 g/mol. The number of cyclic esters (lactones) is 1. The number of hydrogen-bond acceptors (Lipinski definition) is 9. The third-order valence-corrected chi connectivity index (χ3v) is 11.3. The number of nitrogens with zero attached hydrogens (tertiary/aromatic N) is 2. The Morgan fingerprint density at radius 3 is 2.50 bits per heavy atom. The minimum atomic E-state index is -3.94. The maximum atomic E-state index is 14.3. The molecule has 1 aromatic rings. The number of fused-ring (bicyclic) bond motifs is 3. The molecule has 13 nitrogen and oxygen atoms in total. The van der Waals surface area contributed by atoms with Crippen LogP contribution in [-0.2, 0) is 46.7 Å². The largest absolute Gasteiger partial charge is 0.450 e. The minimum Gasteiger partial charge on any atom is -0.450 e. The summed E-state index contributed by atoms with van der Waals surface area (Å²) in [6.07, 6.45) is 9.74. The van der Waals surface area contributed by atoms with Crippen molar-refractivity contribution in [1.29, 1.82) is 0 Å². The Bertz CT molecular complexity index is 1520. The number of hydrogen-bond donors (Lipinski definition) is 3. The first-order chi connectivity index (χ1) is 23.7. The summed E-state index contributed by atoms with van der Waals surface area (Å²) in [5.74, 6) is -2.17. The predicted molar refractivity (Wildman–Crippen MR) is 188 cm³/mol. The number of carbonyl (C=O) groups is 4. The maximum absolute atomic E-state index is 14.3. The summed E-state index contributed by atoms with van der Waals surface area (Å²) < 4.78 is 39.1. The first kappa shape index (κ1) is 39.0. The van der Waals surface area contributed by atoms with Crippen LogP contribution in [0.2, 0.25) is 0 Å². The third-order valence-electron chi connectivity index (χ3n) is 9.46. The fourth-order valence-electron chi connectivity index (χ4n) is 6.37. The second-order valence-corrected chi connectivity index (χ2v) is 16.5. The van der Waals surface area contributed by atoms with Crippen molar-refractivity contribution in [2.45, 2.75) is 120 Å². The first-order valence-electron chi connectivity index (χ1n) is 17.6. The number of aryl methyl sites for hydroxylation is 2. The number of alkyl carbamates (subject to hydrolysis) is 1. The average molecular weight is 716 g/mol. The van der Waals surface area contributed by atoms with Crippen molar-refractivity contribution in [2.24, 2.45) is 5.41 Å². The SMILES string of the molecule is C=CC[C@@](C=C)(NC(=O)[C@@H]1C[C@@H]2CN1C(=O)[C@H](C(C)(C)C)NC(=O)OCCCCCCc1ncccc1CCCO2)C(=O)NS(=O)(=O)C1CC1.